The summed E-state index contributed by atoms with van der Waals surface area (Å²) in [4.78, 5) is 17.5. The van der Waals surface area contributed by atoms with E-state index in [2.05, 4.69) is 39.9 Å². The van der Waals surface area contributed by atoms with Crippen LogP contribution in [0.1, 0.15) is 57.6 Å². The van der Waals surface area contributed by atoms with Gasteiger partial charge in [-0.3, -0.25) is 4.99 Å². The third-order valence-electron chi connectivity index (χ3n) is 6.54. The van der Waals surface area contributed by atoms with Crippen LogP contribution in [0.25, 0.3) is 0 Å². The number of hydrogen-bond donors (Lipinski definition) is 0. The van der Waals surface area contributed by atoms with Crippen molar-refractivity contribution in [3.05, 3.63) is 29.3 Å². The van der Waals surface area contributed by atoms with E-state index in [1.54, 1.807) is 0 Å². The number of aliphatic imine (C=N–C) groups is 1. The number of aryl methyl sites for hydroxylation is 1. The molecule has 0 bridgehead atoms. The number of fused-ring (bicyclic) bond motifs is 1. The Hall–Kier alpha value is -1.66. The summed E-state index contributed by atoms with van der Waals surface area (Å²) < 4.78 is 17.6. The van der Waals surface area contributed by atoms with Gasteiger partial charge in [0.2, 0.25) is 8.32 Å². The minimum atomic E-state index is -1.98. The highest BCUT2D eigenvalue weighted by Crippen LogP contribution is 2.38. The lowest BCUT2D eigenvalue weighted by molar-refractivity contribution is -0.132. The number of hydrogen-bond acceptors (Lipinski definition) is 5. The second-order valence-corrected chi connectivity index (χ2v) is 14.4. The van der Waals surface area contributed by atoms with E-state index in [1.165, 1.54) is 7.11 Å². The van der Waals surface area contributed by atoms with Crippen molar-refractivity contribution in [2.45, 2.75) is 83.2 Å². The van der Waals surface area contributed by atoms with E-state index >= 15 is 0 Å². The van der Waals surface area contributed by atoms with Crippen molar-refractivity contribution in [1.29, 1.82) is 0 Å². The largest absolute Gasteiger partial charge is 0.543 e. The van der Waals surface area contributed by atoms with Crippen molar-refractivity contribution in [2.24, 2.45) is 4.99 Å². The van der Waals surface area contributed by atoms with Crippen LogP contribution in [0.3, 0.4) is 0 Å². The summed E-state index contributed by atoms with van der Waals surface area (Å²) in [5, 5.41) is 0.0997. The van der Waals surface area contributed by atoms with E-state index in [0.29, 0.717) is 5.71 Å². The van der Waals surface area contributed by atoms with Gasteiger partial charge in [0.25, 0.3) is 0 Å². The zero-order valence-electron chi connectivity index (χ0n) is 18.7. The minimum Gasteiger partial charge on any atom is -0.543 e. The lowest BCUT2D eigenvalue weighted by atomic mass is 9.96. The van der Waals surface area contributed by atoms with Gasteiger partial charge < -0.3 is 13.9 Å². The summed E-state index contributed by atoms with van der Waals surface area (Å²) in [6.07, 6.45) is 5.08. The van der Waals surface area contributed by atoms with Crippen LogP contribution >= 0.6 is 0 Å². The Kier molecular flexibility index (Phi) is 6.53. The second-order valence-electron chi connectivity index (χ2n) is 9.66. The molecular weight excluding hydrogens is 382 g/mol. The van der Waals surface area contributed by atoms with Crippen molar-refractivity contribution in [1.82, 2.24) is 0 Å². The summed E-state index contributed by atoms with van der Waals surface area (Å²) in [5.41, 5.74) is 2.36. The fourth-order valence-corrected chi connectivity index (χ4v) is 4.73. The molecule has 160 valence electrons. The highest BCUT2D eigenvalue weighted by molar-refractivity contribution is 6.74. The number of methoxy groups -OCH3 is 1. The molecule has 1 aromatic rings. The van der Waals surface area contributed by atoms with E-state index in [9.17, 15) is 4.79 Å². The van der Waals surface area contributed by atoms with Gasteiger partial charge in [-0.05, 0) is 67.9 Å². The summed E-state index contributed by atoms with van der Waals surface area (Å²) in [6, 6.07) is 6.09. The molecule has 0 aromatic heterocycles. The van der Waals surface area contributed by atoms with E-state index in [0.717, 1.165) is 55.6 Å². The second kappa shape index (κ2) is 8.60. The lowest BCUT2D eigenvalue weighted by Gasteiger charge is -2.36. The Bertz CT molecular complexity index is 776. The number of carbonyl (C=O) groups excluding carboxylic acids is 1. The third kappa shape index (κ3) is 4.91. The first-order chi connectivity index (χ1) is 13.6. The van der Waals surface area contributed by atoms with Gasteiger partial charge in [-0.2, -0.15) is 0 Å². The minimum absolute atomic E-state index is 0.0124. The molecule has 2 aliphatic heterocycles. The van der Waals surface area contributed by atoms with Crippen LogP contribution < -0.4 is 4.43 Å². The van der Waals surface area contributed by atoms with Crippen molar-refractivity contribution in [3.63, 3.8) is 0 Å². The topological polar surface area (TPSA) is 57.1 Å². The Morgan fingerprint density at radius 2 is 1.97 bits per heavy atom. The smallest absolute Gasteiger partial charge is 0.356 e. The average Bonchev–Trinajstić information content (AvgIpc) is 2.86. The molecule has 2 aliphatic rings. The van der Waals surface area contributed by atoms with E-state index in [1.807, 2.05) is 12.1 Å². The van der Waals surface area contributed by atoms with Crippen molar-refractivity contribution in [3.8, 4) is 5.75 Å². The van der Waals surface area contributed by atoms with Gasteiger partial charge in [0.05, 0.1) is 19.3 Å². The van der Waals surface area contributed by atoms with Gasteiger partial charge in [0.1, 0.15) is 5.75 Å². The van der Waals surface area contributed by atoms with Crippen LogP contribution in [0.15, 0.2) is 23.2 Å². The molecule has 2 unspecified atom stereocenters. The van der Waals surface area contributed by atoms with E-state index in [-0.39, 0.29) is 17.2 Å². The summed E-state index contributed by atoms with van der Waals surface area (Å²) in [7, 11) is -0.563. The summed E-state index contributed by atoms with van der Waals surface area (Å²) in [5.74, 6) is 0.415. The molecule has 3 rings (SSSR count). The van der Waals surface area contributed by atoms with Crippen molar-refractivity contribution < 1.29 is 18.7 Å². The predicted octanol–water partition coefficient (Wildman–Crippen LogP) is 4.92. The molecule has 0 N–H and O–H groups in total. The Labute approximate surface area is 176 Å². The molecular formula is C23H35NO4Si. The fraction of sp³-hybridized carbons (Fsp3) is 0.652. The van der Waals surface area contributed by atoms with Gasteiger partial charge in [-0.1, -0.05) is 26.8 Å². The SMILES string of the molecule is COC(=O)C1=NC(C2CCCCO2)CCc2ccc(O[Si](C)(C)C(C)(C)C)cc21. The molecule has 29 heavy (non-hydrogen) atoms. The van der Waals surface area contributed by atoms with Crippen LogP contribution in [-0.4, -0.2) is 45.9 Å². The summed E-state index contributed by atoms with van der Waals surface area (Å²) >= 11 is 0. The maximum Gasteiger partial charge on any atom is 0.356 e. The Balaban J connectivity index is 1.96. The third-order valence-corrected chi connectivity index (χ3v) is 10.9. The normalized spacial score (nSPS) is 22.9. The molecule has 0 spiro atoms. The van der Waals surface area contributed by atoms with Crippen LogP contribution in [0.2, 0.25) is 18.1 Å². The number of benzene rings is 1. The molecule has 0 amide bonds. The first-order valence-corrected chi connectivity index (χ1v) is 13.6. The maximum absolute atomic E-state index is 12.6. The molecule has 1 fully saturated rings. The lowest BCUT2D eigenvalue weighted by Crippen LogP contribution is -2.43. The molecule has 2 atom stereocenters. The molecule has 6 heteroatoms. The molecule has 0 aliphatic carbocycles. The van der Waals surface area contributed by atoms with Crippen LogP contribution in [-0.2, 0) is 20.7 Å². The molecule has 1 saturated heterocycles. The van der Waals surface area contributed by atoms with Gasteiger partial charge >= 0.3 is 5.97 Å². The highest BCUT2D eigenvalue weighted by atomic mass is 28.4. The fourth-order valence-electron chi connectivity index (χ4n) is 3.71. The molecule has 0 saturated carbocycles. The summed E-state index contributed by atoms with van der Waals surface area (Å²) in [6.45, 7) is 11.9. The quantitative estimate of drug-likeness (QED) is 0.515. The first kappa shape index (κ1) is 22.0. The molecule has 5 nitrogen and oxygen atoms in total. The van der Waals surface area contributed by atoms with Crippen molar-refractivity contribution >= 4 is 20.0 Å². The van der Waals surface area contributed by atoms with Gasteiger partial charge in [0.15, 0.2) is 5.71 Å². The zero-order valence-corrected chi connectivity index (χ0v) is 19.7. The number of carbonyl (C=O) groups is 1. The standard InChI is InChI=1S/C23H35NO4Si/c1-23(2,3)29(5,6)28-17-12-10-16-11-13-19(20-9-7-8-14-27-20)24-21(18(16)15-17)22(25)26-4/h10,12,15,19-20H,7-9,11,13-14H2,1-6H3. The number of ether oxygens (including phenoxy) is 2. The van der Waals surface area contributed by atoms with E-state index < -0.39 is 14.3 Å². The first-order valence-electron chi connectivity index (χ1n) is 10.7. The predicted molar refractivity (Wildman–Crippen MR) is 119 cm³/mol. The maximum atomic E-state index is 12.6. The van der Waals surface area contributed by atoms with Crippen LogP contribution in [0.4, 0.5) is 0 Å². The van der Waals surface area contributed by atoms with Gasteiger partial charge in [-0.15, -0.1) is 0 Å². The molecule has 2 heterocycles. The Morgan fingerprint density at radius 3 is 2.59 bits per heavy atom. The average molecular weight is 418 g/mol. The number of esters is 1. The number of nitrogens with zero attached hydrogens (tertiary/aromatic N) is 1. The van der Waals surface area contributed by atoms with Gasteiger partial charge in [-0.25, -0.2) is 4.79 Å². The van der Waals surface area contributed by atoms with Crippen LogP contribution in [0, 0.1) is 0 Å². The number of rotatable bonds is 4. The van der Waals surface area contributed by atoms with Crippen molar-refractivity contribution in [2.75, 3.05) is 13.7 Å². The van der Waals surface area contributed by atoms with E-state index in [4.69, 9.17) is 18.9 Å². The molecule has 1 aromatic carbocycles. The van der Waals surface area contributed by atoms with Gasteiger partial charge in [0, 0.05) is 12.2 Å². The van der Waals surface area contributed by atoms with Crippen LogP contribution in [0.5, 0.6) is 5.75 Å². The highest BCUT2D eigenvalue weighted by Gasteiger charge is 2.39. The monoisotopic (exact) mass is 417 g/mol. The Morgan fingerprint density at radius 1 is 1.21 bits per heavy atom. The molecule has 0 radical (unpaired) electrons. The zero-order chi connectivity index (χ0) is 21.2.